The fourth-order valence-corrected chi connectivity index (χ4v) is 7.90. The number of piperidine rings is 1. The van der Waals surface area contributed by atoms with E-state index >= 15 is 0 Å². The van der Waals surface area contributed by atoms with Crippen molar-refractivity contribution in [1.82, 2.24) is 20.6 Å². The summed E-state index contributed by atoms with van der Waals surface area (Å²) < 4.78 is 24.3. The number of nitrogens with one attached hydrogen (secondary N) is 2. The number of carbonyl (C=O) groups is 2. The minimum absolute atomic E-state index is 0.0886. The van der Waals surface area contributed by atoms with Crippen LogP contribution >= 0.6 is 0 Å². The van der Waals surface area contributed by atoms with Gasteiger partial charge in [-0.15, -0.1) is 0 Å². The van der Waals surface area contributed by atoms with Crippen molar-refractivity contribution in [2.45, 2.75) is 55.8 Å². The van der Waals surface area contributed by atoms with Crippen molar-refractivity contribution in [3.63, 3.8) is 0 Å². The number of hydrogen-bond donors (Lipinski definition) is 4. The molecule has 1 unspecified atom stereocenters. The van der Waals surface area contributed by atoms with Gasteiger partial charge in [-0.25, -0.2) is 18.7 Å². The molecule has 254 valence electrons. The highest BCUT2D eigenvalue weighted by Gasteiger charge is 2.40. The molecule has 0 spiro atoms. The monoisotopic (exact) mass is 672 g/mol. The van der Waals surface area contributed by atoms with Gasteiger partial charge in [0.15, 0.2) is 9.84 Å². The van der Waals surface area contributed by atoms with Crippen molar-refractivity contribution >= 4 is 21.8 Å². The van der Waals surface area contributed by atoms with Gasteiger partial charge in [-0.3, -0.25) is 14.9 Å². The largest absolute Gasteiger partial charge is 0.465 e. The van der Waals surface area contributed by atoms with E-state index in [9.17, 15) is 28.3 Å². The zero-order chi connectivity index (χ0) is 34.5. The lowest BCUT2D eigenvalue weighted by molar-refractivity contribution is -0.125. The summed E-state index contributed by atoms with van der Waals surface area (Å²) in [6.45, 7) is 6.21. The van der Waals surface area contributed by atoms with Gasteiger partial charge in [0.25, 0.3) is 5.91 Å². The van der Waals surface area contributed by atoms with Gasteiger partial charge >= 0.3 is 6.09 Å². The Morgan fingerprint density at radius 1 is 0.958 bits per heavy atom. The zero-order valence-corrected chi connectivity index (χ0v) is 28.5. The summed E-state index contributed by atoms with van der Waals surface area (Å²) in [6, 6.07) is 27.3. The first-order valence-electron chi connectivity index (χ1n) is 16.3. The molecule has 1 atom stereocenters. The Hall–Kier alpha value is -4.45. The van der Waals surface area contributed by atoms with Crippen molar-refractivity contribution in [2.75, 3.05) is 32.4 Å². The summed E-state index contributed by atoms with van der Waals surface area (Å²) in [6.07, 6.45) is 2.79. The van der Waals surface area contributed by atoms with E-state index in [0.29, 0.717) is 42.0 Å². The van der Waals surface area contributed by atoms with Crippen molar-refractivity contribution < 1.29 is 28.3 Å². The third kappa shape index (κ3) is 7.18. The standard InChI is InChI=1S/C37H44N4O6S/c1-4-31-33(35(42)39-45)32(27-16-18-30(19-17-27)48(3,46)47)34(26(2)38-31)41(36(43)44)23-11-22-40-24-20-37(21-25-40,28-12-7-5-8-13-28)29-14-9-6-10-15-29/h5-10,12-19,32,38,45H,4,11,20-25H2,1-3H3,(H,39,42)(H,43,44). The number of dihydropyridines is 1. The highest BCUT2D eigenvalue weighted by molar-refractivity contribution is 7.90. The number of benzene rings is 3. The van der Waals surface area contributed by atoms with Crippen molar-refractivity contribution in [3.8, 4) is 0 Å². The summed E-state index contributed by atoms with van der Waals surface area (Å²) in [5.74, 6) is -1.63. The summed E-state index contributed by atoms with van der Waals surface area (Å²) in [5, 5.41) is 23.4. The molecular weight excluding hydrogens is 628 g/mol. The van der Waals surface area contributed by atoms with Crippen LogP contribution in [0.2, 0.25) is 0 Å². The molecule has 11 heteroatoms. The maximum Gasteiger partial charge on any atom is 0.411 e. The molecule has 2 aliphatic heterocycles. The summed E-state index contributed by atoms with van der Waals surface area (Å²) in [4.78, 5) is 29.8. The molecule has 2 amide bonds. The Labute approximate surface area is 282 Å². The second kappa shape index (κ2) is 14.8. The Kier molecular flexibility index (Phi) is 10.7. The number of hydrogen-bond acceptors (Lipinski definition) is 7. The number of hydroxylamine groups is 1. The number of carbonyl (C=O) groups excluding carboxylic acids is 1. The minimum atomic E-state index is -3.48. The topological polar surface area (TPSA) is 139 Å². The van der Waals surface area contributed by atoms with E-state index in [1.54, 1.807) is 24.5 Å². The van der Waals surface area contributed by atoms with Crippen LogP contribution in [-0.4, -0.2) is 73.0 Å². The van der Waals surface area contributed by atoms with Crippen LogP contribution in [0.3, 0.4) is 0 Å². The van der Waals surface area contributed by atoms with Crippen LogP contribution < -0.4 is 10.8 Å². The van der Waals surface area contributed by atoms with Crippen molar-refractivity contribution in [2.24, 2.45) is 0 Å². The second-order valence-corrected chi connectivity index (χ2v) is 14.6. The van der Waals surface area contributed by atoms with Crippen LogP contribution in [0.1, 0.15) is 62.1 Å². The average Bonchev–Trinajstić information content (AvgIpc) is 3.10. The van der Waals surface area contributed by atoms with Crippen LogP contribution in [0.15, 0.2) is 112 Å². The van der Waals surface area contributed by atoms with Gasteiger partial charge in [-0.05, 0) is 81.1 Å². The highest BCUT2D eigenvalue weighted by Crippen LogP contribution is 2.43. The van der Waals surface area contributed by atoms with E-state index in [2.05, 4.69) is 58.7 Å². The lowest BCUT2D eigenvalue weighted by Gasteiger charge is -2.43. The number of nitrogens with zero attached hydrogens (tertiary/aromatic N) is 2. The first kappa shape index (κ1) is 34.9. The van der Waals surface area contributed by atoms with E-state index in [1.165, 1.54) is 28.2 Å². The van der Waals surface area contributed by atoms with Gasteiger partial charge in [0.2, 0.25) is 0 Å². The Morgan fingerprint density at radius 3 is 2.00 bits per heavy atom. The van der Waals surface area contributed by atoms with E-state index in [4.69, 9.17) is 0 Å². The predicted octanol–water partition coefficient (Wildman–Crippen LogP) is 5.63. The van der Waals surface area contributed by atoms with E-state index in [1.807, 2.05) is 19.1 Å². The third-order valence-corrected chi connectivity index (χ3v) is 10.8. The van der Waals surface area contributed by atoms with Gasteiger partial charge < -0.3 is 15.3 Å². The molecule has 3 aromatic rings. The van der Waals surface area contributed by atoms with E-state index in [-0.39, 0.29) is 22.4 Å². The van der Waals surface area contributed by atoms with Crippen LogP contribution in [0.25, 0.3) is 0 Å². The molecule has 0 aliphatic carbocycles. The number of rotatable bonds is 11. The molecular formula is C37H44N4O6S. The SMILES string of the molecule is CCC1=C(C(=O)NO)C(c2ccc(S(C)(=O)=O)cc2)C(N(CCCN2CCC(c3ccccc3)(c3ccccc3)CC2)C(=O)O)=C(C)N1. The molecule has 10 nitrogen and oxygen atoms in total. The number of likely N-dealkylation sites (tertiary alicyclic amines) is 1. The summed E-state index contributed by atoms with van der Waals surface area (Å²) >= 11 is 0. The smallest absolute Gasteiger partial charge is 0.411 e. The van der Waals surface area contributed by atoms with Gasteiger partial charge in [0.05, 0.1) is 22.1 Å². The van der Waals surface area contributed by atoms with Crippen molar-refractivity contribution in [1.29, 1.82) is 0 Å². The molecule has 4 N–H and O–H groups in total. The first-order valence-corrected chi connectivity index (χ1v) is 18.2. The Bertz CT molecular complexity index is 1740. The lowest BCUT2D eigenvalue weighted by Crippen LogP contribution is -2.45. The molecule has 0 bridgehead atoms. The highest BCUT2D eigenvalue weighted by atomic mass is 32.2. The summed E-state index contributed by atoms with van der Waals surface area (Å²) in [5.41, 5.74) is 6.41. The summed E-state index contributed by atoms with van der Waals surface area (Å²) in [7, 11) is -3.48. The second-order valence-electron chi connectivity index (χ2n) is 12.5. The van der Waals surface area contributed by atoms with E-state index < -0.39 is 27.8 Å². The number of allylic oxidation sites excluding steroid dienone is 3. The van der Waals surface area contributed by atoms with Gasteiger partial charge in [0.1, 0.15) is 0 Å². The molecule has 1 fully saturated rings. The number of amides is 2. The quantitative estimate of drug-likeness (QED) is 0.152. The maximum atomic E-state index is 13.1. The molecule has 0 radical (unpaired) electrons. The number of carboxylic acid groups (broad SMARTS) is 1. The fraction of sp³-hybridized carbons (Fsp3) is 0.351. The molecule has 2 heterocycles. The molecule has 3 aromatic carbocycles. The van der Waals surface area contributed by atoms with Crippen LogP contribution in [0, 0.1) is 0 Å². The van der Waals surface area contributed by atoms with Crippen LogP contribution in [0.4, 0.5) is 4.79 Å². The van der Waals surface area contributed by atoms with Crippen LogP contribution in [-0.2, 0) is 20.0 Å². The average molecular weight is 673 g/mol. The predicted molar refractivity (Wildman–Crippen MR) is 184 cm³/mol. The van der Waals surface area contributed by atoms with Gasteiger partial charge in [-0.1, -0.05) is 79.7 Å². The number of sulfone groups is 1. The van der Waals surface area contributed by atoms with Gasteiger partial charge in [0, 0.05) is 29.6 Å². The normalized spacial score (nSPS) is 18.3. The van der Waals surface area contributed by atoms with Gasteiger partial charge in [-0.2, -0.15) is 0 Å². The first-order chi connectivity index (χ1) is 23.0. The molecule has 5 rings (SSSR count). The van der Waals surface area contributed by atoms with E-state index in [0.717, 1.165) is 32.2 Å². The molecule has 1 saturated heterocycles. The fourth-order valence-electron chi connectivity index (χ4n) is 7.27. The Balaban J connectivity index is 1.37. The zero-order valence-electron chi connectivity index (χ0n) is 27.6. The van der Waals surface area contributed by atoms with Crippen LogP contribution in [0.5, 0.6) is 0 Å². The third-order valence-electron chi connectivity index (χ3n) is 9.69. The minimum Gasteiger partial charge on any atom is -0.465 e. The lowest BCUT2D eigenvalue weighted by atomic mass is 9.68. The molecule has 0 aromatic heterocycles. The maximum absolute atomic E-state index is 13.1. The Morgan fingerprint density at radius 2 is 1.52 bits per heavy atom. The molecule has 0 saturated carbocycles. The molecule has 2 aliphatic rings. The molecule has 48 heavy (non-hydrogen) atoms. The van der Waals surface area contributed by atoms with Crippen molar-refractivity contribution in [3.05, 3.63) is 124 Å².